The van der Waals surface area contributed by atoms with Crippen molar-refractivity contribution in [3.63, 3.8) is 0 Å². The van der Waals surface area contributed by atoms with Crippen molar-refractivity contribution >= 4 is 19.7 Å². The number of aromatic nitrogens is 10. The summed E-state index contributed by atoms with van der Waals surface area (Å²) in [5, 5.41) is 15.1. The lowest BCUT2D eigenvalue weighted by Gasteiger charge is -2.17. The van der Waals surface area contributed by atoms with E-state index in [2.05, 4.69) is 40.3 Å². The minimum absolute atomic E-state index is 0.0129. The van der Waals surface area contributed by atoms with Crippen LogP contribution in [0.4, 0.5) is 8.78 Å². The molecule has 70 heavy (non-hydrogen) atoms. The first-order chi connectivity index (χ1) is 33.5. The van der Waals surface area contributed by atoms with E-state index in [0.717, 1.165) is 24.8 Å². The third-order valence-electron chi connectivity index (χ3n) is 10.8. The molecule has 0 spiro atoms. The van der Waals surface area contributed by atoms with Crippen LogP contribution < -0.4 is 18.9 Å². The maximum absolute atomic E-state index is 13.3. The molecular weight excluding hydrogens is 955 g/mol. The summed E-state index contributed by atoms with van der Waals surface area (Å²) in [7, 11) is -1.53. The number of nitrogens with zero attached hydrogens (tertiary/aromatic N) is 10. The predicted molar refractivity (Wildman–Crippen MR) is 249 cm³/mol. The van der Waals surface area contributed by atoms with Crippen molar-refractivity contribution < 1.29 is 53.4 Å². The Morgan fingerprint density at radius 1 is 0.529 bits per heavy atom. The first-order valence-electron chi connectivity index (χ1n) is 21.3. The largest absolute Gasteiger partial charge is 0.494 e. The Bertz CT molecular complexity index is 3040. The molecule has 0 unspecified atom stereocenters. The van der Waals surface area contributed by atoms with Gasteiger partial charge >= 0.3 is 0 Å². The van der Waals surface area contributed by atoms with Crippen LogP contribution in [0.1, 0.15) is 48.7 Å². The smallest absolute Gasteiger partial charge is 0.204 e. The number of sulfone groups is 2. The average molecular weight is 1000 g/mol. The SMILES string of the molecule is COc1cccc(OC)c1-n1c(CS(=O)(=O)[C@@H](C)Cc2ncc(F)cn2)nnc1-c1ccc(C)o1.COc1cccc(OC)c1-n1c(CS(=O)(=O)[C@H](C)Cc2ncc(F)cn2)nnc1-c1ccc(C)o1. The topological polar surface area (TPSA) is 244 Å². The Hall–Kier alpha value is -7.60. The number of aryl methyl sites for hydroxylation is 2. The van der Waals surface area contributed by atoms with Crippen LogP contribution in [0.25, 0.3) is 34.5 Å². The number of benzene rings is 2. The maximum atomic E-state index is 13.3. The summed E-state index contributed by atoms with van der Waals surface area (Å²) in [6, 6.07) is 17.4. The zero-order chi connectivity index (χ0) is 50.3. The highest BCUT2D eigenvalue weighted by Crippen LogP contribution is 2.39. The van der Waals surface area contributed by atoms with Crippen LogP contribution in [-0.2, 0) is 44.0 Å². The number of furan rings is 2. The van der Waals surface area contributed by atoms with Crippen LogP contribution in [-0.4, -0.2) is 105 Å². The monoisotopic (exact) mass is 1000 g/mol. The second-order valence-electron chi connectivity index (χ2n) is 15.7. The summed E-state index contributed by atoms with van der Waals surface area (Å²) in [4.78, 5) is 15.5. The zero-order valence-electron chi connectivity index (χ0n) is 39.2. The summed E-state index contributed by atoms with van der Waals surface area (Å²) in [6.07, 6.45) is 4.04. The maximum Gasteiger partial charge on any atom is 0.204 e. The number of halogens is 2. The molecule has 8 aromatic rings. The molecule has 24 heteroatoms. The lowest BCUT2D eigenvalue weighted by atomic mass is 10.2. The van der Waals surface area contributed by atoms with Gasteiger partial charge in [-0.05, 0) is 76.2 Å². The van der Waals surface area contributed by atoms with E-state index in [1.54, 1.807) is 97.5 Å². The number of ether oxygens (including phenoxy) is 4. The fourth-order valence-corrected chi connectivity index (χ4v) is 9.59. The molecule has 0 fully saturated rings. The Labute approximate surface area is 401 Å². The van der Waals surface area contributed by atoms with Crippen LogP contribution in [0.2, 0.25) is 0 Å². The molecule has 20 nitrogen and oxygen atoms in total. The van der Waals surface area contributed by atoms with Crippen LogP contribution in [0.3, 0.4) is 0 Å². The lowest BCUT2D eigenvalue weighted by molar-refractivity contribution is 0.390. The van der Waals surface area contributed by atoms with Gasteiger partial charge < -0.3 is 27.8 Å². The van der Waals surface area contributed by atoms with Crippen molar-refractivity contribution in [3.05, 3.63) is 132 Å². The number of rotatable bonds is 18. The molecule has 6 heterocycles. The normalized spacial score (nSPS) is 12.5. The molecule has 0 saturated heterocycles. The molecule has 0 aliphatic heterocycles. The van der Waals surface area contributed by atoms with Gasteiger partial charge in [-0.25, -0.2) is 45.6 Å². The molecule has 0 radical (unpaired) electrons. The molecule has 8 rings (SSSR count). The summed E-state index contributed by atoms with van der Waals surface area (Å²) in [6.45, 7) is 6.67. The van der Waals surface area contributed by atoms with Gasteiger partial charge in [-0.3, -0.25) is 9.13 Å². The number of para-hydroxylation sites is 2. The van der Waals surface area contributed by atoms with E-state index >= 15 is 0 Å². The lowest BCUT2D eigenvalue weighted by Crippen LogP contribution is -2.24. The molecule has 0 aliphatic carbocycles. The van der Waals surface area contributed by atoms with Crippen molar-refractivity contribution in [1.82, 2.24) is 49.5 Å². The number of hydrogen-bond acceptors (Lipinski definition) is 18. The van der Waals surface area contributed by atoms with Crippen LogP contribution in [0, 0.1) is 25.5 Å². The first kappa shape index (κ1) is 50.3. The Morgan fingerprint density at radius 3 is 1.14 bits per heavy atom. The fraction of sp³-hybridized carbons (Fsp3) is 0.304. The van der Waals surface area contributed by atoms with E-state index in [0.29, 0.717) is 69.1 Å². The minimum Gasteiger partial charge on any atom is -0.494 e. The second kappa shape index (κ2) is 21.4. The van der Waals surface area contributed by atoms with Gasteiger partial charge in [-0.1, -0.05) is 12.1 Å². The van der Waals surface area contributed by atoms with Gasteiger partial charge in [0.25, 0.3) is 0 Å². The van der Waals surface area contributed by atoms with E-state index in [9.17, 15) is 25.6 Å². The molecule has 0 saturated carbocycles. The highest BCUT2D eigenvalue weighted by atomic mass is 32.2. The standard InChI is InChI=1S/2C23H24FN5O5S/c2*1-14-8-9-19(34-14)23-28-27-21(29(23)22-17(32-3)6-5-7-18(22)33-4)13-35(30,31)15(2)10-20-25-11-16(24)12-26-20/h2*5-9,11-12,15H,10,13H2,1-4H3/t2*15-/m10/s1. The van der Waals surface area contributed by atoms with E-state index in [1.807, 2.05) is 0 Å². The zero-order valence-corrected chi connectivity index (χ0v) is 40.8. The number of methoxy groups -OCH3 is 4. The Kier molecular flexibility index (Phi) is 15.3. The predicted octanol–water partition coefficient (Wildman–Crippen LogP) is 6.66. The summed E-state index contributed by atoms with van der Waals surface area (Å²) < 4.78 is 116. The van der Waals surface area contributed by atoms with Crippen LogP contribution >= 0.6 is 0 Å². The molecule has 6 aromatic heterocycles. The molecule has 0 aliphatic rings. The van der Waals surface area contributed by atoms with E-state index < -0.39 is 53.3 Å². The van der Waals surface area contributed by atoms with E-state index in [1.165, 1.54) is 28.4 Å². The summed E-state index contributed by atoms with van der Waals surface area (Å²) in [5.74, 6) is 3.09. The van der Waals surface area contributed by atoms with Gasteiger partial charge in [0.15, 0.2) is 54.5 Å². The molecule has 0 bridgehead atoms. The van der Waals surface area contributed by atoms with Crippen LogP contribution in [0.5, 0.6) is 23.0 Å². The fourth-order valence-electron chi connectivity index (χ4n) is 7.12. The molecular formula is C46H48F2N10O10S2. The Morgan fingerprint density at radius 2 is 0.857 bits per heavy atom. The highest BCUT2D eigenvalue weighted by molar-refractivity contribution is 7.91. The first-order valence-corrected chi connectivity index (χ1v) is 24.7. The highest BCUT2D eigenvalue weighted by Gasteiger charge is 2.32. The van der Waals surface area contributed by atoms with Gasteiger partial charge in [0, 0.05) is 12.8 Å². The second-order valence-corrected chi connectivity index (χ2v) is 20.5. The van der Waals surface area contributed by atoms with Gasteiger partial charge in [-0.15, -0.1) is 20.4 Å². The molecule has 2 aromatic carbocycles. The summed E-state index contributed by atoms with van der Waals surface area (Å²) in [5.41, 5.74) is 0.873. The van der Waals surface area contributed by atoms with E-state index in [4.69, 9.17) is 27.8 Å². The summed E-state index contributed by atoms with van der Waals surface area (Å²) >= 11 is 0. The van der Waals surface area contributed by atoms with Crippen molar-refractivity contribution in [1.29, 1.82) is 0 Å². The van der Waals surface area contributed by atoms with Gasteiger partial charge in [-0.2, -0.15) is 0 Å². The van der Waals surface area contributed by atoms with E-state index in [-0.39, 0.29) is 36.1 Å². The molecule has 0 N–H and O–H groups in total. The van der Waals surface area contributed by atoms with Gasteiger partial charge in [0.2, 0.25) is 11.6 Å². The molecule has 2 atom stereocenters. The van der Waals surface area contributed by atoms with Crippen molar-refractivity contribution in [2.45, 2.75) is 62.5 Å². The van der Waals surface area contributed by atoms with Crippen LogP contribution in [0.15, 0.2) is 94.3 Å². The molecule has 368 valence electrons. The Balaban J connectivity index is 0.000000206. The minimum atomic E-state index is -3.76. The number of hydrogen-bond donors (Lipinski definition) is 0. The third-order valence-corrected chi connectivity index (χ3v) is 14.9. The van der Waals surface area contributed by atoms with Gasteiger partial charge in [0.05, 0.1) is 63.7 Å². The van der Waals surface area contributed by atoms with Crippen molar-refractivity contribution in [2.24, 2.45) is 0 Å². The van der Waals surface area contributed by atoms with Crippen molar-refractivity contribution in [2.75, 3.05) is 28.4 Å². The van der Waals surface area contributed by atoms with Gasteiger partial charge in [0.1, 0.15) is 69.0 Å². The third kappa shape index (κ3) is 11.1. The molecule has 0 amide bonds. The van der Waals surface area contributed by atoms with Crippen molar-refractivity contribution in [3.8, 4) is 57.5 Å². The quantitative estimate of drug-likeness (QED) is 0.0872. The average Bonchev–Trinajstić information content (AvgIpc) is 4.17.